The number of carbonyl (C=O) groups is 1. The normalized spacial score (nSPS) is 15.7. The van der Waals surface area contributed by atoms with E-state index in [0.29, 0.717) is 0 Å². The molecule has 1 saturated heterocycles. The van der Waals surface area contributed by atoms with E-state index in [2.05, 4.69) is 47.9 Å². The van der Waals surface area contributed by atoms with Crippen molar-refractivity contribution in [3.63, 3.8) is 0 Å². The first-order chi connectivity index (χ1) is 16.0. The lowest BCUT2D eigenvalue weighted by Crippen LogP contribution is -2.34. The van der Waals surface area contributed by atoms with Crippen molar-refractivity contribution in [3.05, 3.63) is 88.0 Å². The topological polar surface area (TPSA) is 47.4 Å². The summed E-state index contributed by atoms with van der Waals surface area (Å²) in [6.45, 7) is 6.16. The van der Waals surface area contributed by atoms with Crippen LogP contribution in [0.2, 0.25) is 0 Å². The van der Waals surface area contributed by atoms with Crippen molar-refractivity contribution in [1.29, 1.82) is 0 Å². The van der Waals surface area contributed by atoms with E-state index < -0.39 is 0 Å². The number of imidazole rings is 1. The van der Waals surface area contributed by atoms with Gasteiger partial charge in [-0.25, -0.2) is 4.98 Å². The van der Waals surface area contributed by atoms with E-state index in [4.69, 9.17) is 9.72 Å². The quantitative estimate of drug-likeness (QED) is 0.587. The van der Waals surface area contributed by atoms with Crippen LogP contribution >= 0.6 is 0 Å². The van der Waals surface area contributed by atoms with Crippen LogP contribution in [0.4, 0.5) is 0 Å². The summed E-state index contributed by atoms with van der Waals surface area (Å²) in [5, 5.41) is 0. The first kappa shape index (κ1) is 21.5. The van der Waals surface area contributed by atoms with E-state index in [1.165, 1.54) is 33.5 Å². The molecule has 33 heavy (non-hydrogen) atoms. The number of ether oxygens (including phenoxy) is 1. The molecule has 3 aromatic rings. The Morgan fingerprint density at radius 3 is 2.42 bits per heavy atom. The summed E-state index contributed by atoms with van der Waals surface area (Å²) in [6.07, 6.45) is 3.80. The Hall–Kier alpha value is -3.34. The molecule has 0 spiro atoms. The lowest BCUT2D eigenvalue weighted by molar-refractivity contribution is -0.129. The molecule has 0 radical (unpaired) electrons. The van der Waals surface area contributed by atoms with Crippen LogP contribution in [-0.2, 0) is 24.2 Å². The van der Waals surface area contributed by atoms with Gasteiger partial charge >= 0.3 is 0 Å². The fourth-order valence-corrected chi connectivity index (χ4v) is 5.25. The molecule has 0 N–H and O–H groups in total. The number of amides is 1. The van der Waals surface area contributed by atoms with Gasteiger partial charge < -0.3 is 14.2 Å². The summed E-state index contributed by atoms with van der Waals surface area (Å²) in [6, 6.07) is 17.1. The van der Waals surface area contributed by atoms with Crippen molar-refractivity contribution in [2.75, 3.05) is 20.2 Å². The van der Waals surface area contributed by atoms with Gasteiger partial charge in [0, 0.05) is 37.8 Å². The maximum absolute atomic E-state index is 11.9. The maximum Gasteiger partial charge on any atom is 0.219 e. The number of methoxy groups -OCH3 is 1. The second-order valence-electron chi connectivity index (χ2n) is 9.03. The molecule has 5 rings (SSSR count). The standard InChI is InChI=1S/C28H31N3O2/c1-19-29-28-26(31(19)18-21-8-11-24(33-3)12-9-21)13-10-22-6-4-5-7-25(22)27(28)23-14-16-30(17-15-23)20(2)32/h4-9,11-12H,10,13-18H2,1-3H3. The highest BCUT2D eigenvalue weighted by Crippen LogP contribution is 2.38. The zero-order valence-corrected chi connectivity index (χ0v) is 19.7. The average Bonchev–Trinajstić information content (AvgIpc) is 3.04. The maximum atomic E-state index is 11.9. The minimum absolute atomic E-state index is 0.167. The summed E-state index contributed by atoms with van der Waals surface area (Å²) in [5.41, 5.74) is 9.13. The highest BCUT2D eigenvalue weighted by atomic mass is 16.5. The number of piperidine rings is 1. The largest absolute Gasteiger partial charge is 0.497 e. The molecule has 0 unspecified atom stereocenters. The van der Waals surface area contributed by atoms with Crippen LogP contribution < -0.4 is 4.74 Å². The summed E-state index contributed by atoms with van der Waals surface area (Å²) < 4.78 is 7.71. The molecule has 0 atom stereocenters. The van der Waals surface area contributed by atoms with Gasteiger partial charge in [0.15, 0.2) is 0 Å². The van der Waals surface area contributed by atoms with Crippen LogP contribution in [0.25, 0.3) is 5.57 Å². The number of carbonyl (C=O) groups excluding carboxylic acids is 1. The summed E-state index contributed by atoms with van der Waals surface area (Å²) in [7, 11) is 1.70. The van der Waals surface area contributed by atoms with E-state index in [1.807, 2.05) is 17.0 Å². The molecule has 0 saturated carbocycles. The van der Waals surface area contributed by atoms with Gasteiger partial charge in [-0.15, -0.1) is 0 Å². The van der Waals surface area contributed by atoms with Crippen molar-refractivity contribution in [1.82, 2.24) is 14.5 Å². The molecule has 1 aromatic heterocycles. The first-order valence-corrected chi connectivity index (χ1v) is 11.8. The minimum Gasteiger partial charge on any atom is -0.497 e. The fourth-order valence-electron chi connectivity index (χ4n) is 5.25. The number of rotatable bonds is 3. The van der Waals surface area contributed by atoms with E-state index in [0.717, 1.165) is 62.6 Å². The number of likely N-dealkylation sites (tertiary alicyclic amines) is 1. The van der Waals surface area contributed by atoms with Crippen molar-refractivity contribution < 1.29 is 9.53 Å². The van der Waals surface area contributed by atoms with Gasteiger partial charge in [-0.2, -0.15) is 0 Å². The predicted octanol–water partition coefficient (Wildman–Crippen LogP) is 4.79. The van der Waals surface area contributed by atoms with Crippen LogP contribution in [0, 0.1) is 6.92 Å². The monoisotopic (exact) mass is 441 g/mol. The Labute approximate surface area is 195 Å². The molecule has 1 amide bonds. The predicted molar refractivity (Wildman–Crippen MR) is 130 cm³/mol. The smallest absolute Gasteiger partial charge is 0.219 e. The minimum atomic E-state index is 0.167. The molecule has 0 bridgehead atoms. The summed E-state index contributed by atoms with van der Waals surface area (Å²) in [5.74, 6) is 2.09. The fraction of sp³-hybridized carbons (Fsp3) is 0.357. The van der Waals surface area contributed by atoms with E-state index in [1.54, 1.807) is 14.0 Å². The molecular formula is C28H31N3O2. The third kappa shape index (κ3) is 4.08. The van der Waals surface area contributed by atoms with E-state index in [-0.39, 0.29) is 5.91 Å². The Balaban J connectivity index is 1.59. The van der Waals surface area contributed by atoms with Crippen molar-refractivity contribution >= 4 is 11.5 Å². The molecule has 1 aliphatic carbocycles. The van der Waals surface area contributed by atoms with Crippen LogP contribution in [0.1, 0.15) is 53.7 Å². The Bertz CT molecular complexity index is 1210. The molecule has 2 aromatic carbocycles. The highest BCUT2D eigenvalue weighted by molar-refractivity contribution is 5.84. The van der Waals surface area contributed by atoms with Gasteiger partial charge in [0.25, 0.3) is 0 Å². The number of hydrogen-bond donors (Lipinski definition) is 0. The molecule has 2 aliphatic rings. The summed E-state index contributed by atoms with van der Waals surface area (Å²) >= 11 is 0. The first-order valence-electron chi connectivity index (χ1n) is 11.8. The van der Waals surface area contributed by atoms with Crippen molar-refractivity contribution in [2.24, 2.45) is 0 Å². The van der Waals surface area contributed by atoms with Crippen molar-refractivity contribution in [2.45, 2.75) is 46.1 Å². The van der Waals surface area contributed by atoms with E-state index in [9.17, 15) is 4.79 Å². The molecule has 1 fully saturated rings. The number of nitrogens with zero attached hydrogens (tertiary/aromatic N) is 3. The number of aryl methyl sites for hydroxylation is 2. The second kappa shape index (κ2) is 8.89. The molecule has 5 heteroatoms. The Morgan fingerprint density at radius 2 is 1.73 bits per heavy atom. The van der Waals surface area contributed by atoms with Crippen LogP contribution in [0.15, 0.2) is 54.1 Å². The third-order valence-corrected chi connectivity index (χ3v) is 7.08. The highest BCUT2D eigenvalue weighted by Gasteiger charge is 2.28. The zero-order chi connectivity index (χ0) is 22.9. The SMILES string of the molecule is COc1ccc(Cn2c(C)nc3c2CCc2ccccc2C3=C2CCN(C(C)=O)CC2)cc1. The number of hydrogen-bond acceptors (Lipinski definition) is 3. The molecule has 5 nitrogen and oxygen atoms in total. The van der Waals surface area contributed by atoms with Gasteiger partial charge in [0.05, 0.1) is 12.8 Å². The third-order valence-electron chi connectivity index (χ3n) is 7.08. The van der Waals surface area contributed by atoms with Gasteiger partial charge in [-0.1, -0.05) is 42.0 Å². The van der Waals surface area contributed by atoms with Gasteiger partial charge in [-0.3, -0.25) is 4.79 Å². The van der Waals surface area contributed by atoms with Crippen molar-refractivity contribution in [3.8, 4) is 5.75 Å². The second-order valence-corrected chi connectivity index (χ2v) is 9.03. The Morgan fingerprint density at radius 1 is 1.00 bits per heavy atom. The van der Waals surface area contributed by atoms with Crippen LogP contribution in [0.5, 0.6) is 5.75 Å². The zero-order valence-electron chi connectivity index (χ0n) is 19.7. The lowest BCUT2D eigenvalue weighted by atomic mass is 9.89. The van der Waals surface area contributed by atoms with Crippen LogP contribution in [0.3, 0.4) is 0 Å². The van der Waals surface area contributed by atoms with Gasteiger partial charge in [-0.05, 0) is 61.4 Å². The number of fused-ring (bicyclic) bond motifs is 2. The lowest BCUT2D eigenvalue weighted by Gasteiger charge is -2.29. The molecule has 170 valence electrons. The number of aromatic nitrogens is 2. The van der Waals surface area contributed by atoms with E-state index >= 15 is 0 Å². The van der Waals surface area contributed by atoms with Gasteiger partial charge in [0.2, 0.25) is 5.91 Å². The summed E-state index contributed by atoms with van der Waals surface area (Å²) in [4.78, 5) is 19.0. The average molecular weight is 442 g/mol. The molecular weight excluding hydrogens is 410 g/mol. The Kier molecular flexibility index (Phi) is 5.79. The van der Waals surface area contributed by atoms with Crippen LogP contribution in [-0.4, -0.2) is 40.6 Å². The van der Waals surface area contributed by atoms with Gasteiger partial charge in [0.1, 0.15) is 11.6 Å². The molecule has 1 aliphatic heterocycles. The molecule has 2 heterocycles. The number of benzene rings is 2.